The lowest BCUT2D eigenvalue weighted by Gasteiger charge is -2.29. The van der Waals surface area contributed by atoms with Gasteiger partial charge in [0, 0.05) is 11.8 Å². The lowest BCUT2D eigenvalue weighted by atomic mass is 10.1. The fraction of sp³-hybridized carbons (Fsp3) is 0.125. The van der Waals surface area contributed by atoms with Crippen molar-refractivity contribution in [3.05, 3.63) is 46.1 Å². The van der Waals surface area contributed by atoms with Crippen molar-refractivity contribution in [2.75, 3.05) is 11.5 Å². The number of carbonyl (C=O) groups excluding carboxylic acids is 2. The largest absolute Gasteiger partial charge is 0.482 e. The Bertz CT molecular complexity index is 1040. The summed E-state index contributed by atoms with van der Waals surface area (Å²) in [6.07, 6.45) is 1.54. The first-order valence-electron chi connectivity index (χ1n) is 7.48. The van der Waals surface area contributed by atoms with E-state index in [0.29, 0.717) is 27.0 Å². The maximum absolute atomic E-state index is 12.4. The zero-order valence-corrected chi connectivity index (χ0v) is 14.7. The second-order valence-electron chi connectivity index (χ2n) is 5.48. The van der Waals surface area contributed by atoms with E-state index in [1.54, 1.807) is 23.8 Å². The molecule has 0 saturated carbocycles. The topological polar surface area (TPSA) is 105 Å². The highest BCUT2D eigenvalue weighted by Crippen LogP contribution is 2.35. The van der Waals surface area contributed by atoms with Gasteiger partial charge in [0.1, 0.15) is 21.1 Å². The van der Waals surface area contributed by atoms with Crippen molar-refractivity contribution in [2.24, 2.45) is 0 Å². The van der Waals surface area contributed by atoms with Crippen molar-refractivity contribution in [1.29, 1.82) is 0 Å². The maximum atomic E-state index is 12.4. The number of hydrogen-bond acceptors (Lipinski definition) is 7. The summed E-state index contributed by atoms with van der Waals surface area (Å²) in [7, 11) is 0. The van der Waals surface area contributed by atoms with E-state index in [9.17, 15) is 9.59 Å². The summed E-state index contributed by atoms with van der Waals surface area (Å²) in [5, 5.41) is 9.97. The number of pyridine rings is 1. The molecule has 132 valence electrons. The van der Waals surface area contributed by atoms with Crippen LogP contribution in [-0.2, 0) is 11.3 Å². The Balaban J connectivity index is 1.71. The molecule has 1 aromatic carbocycles. The van der Waals surface area contributed by atoms with E-state index in [4.69, 9.17) is 21.5 Å². The zero-order chi connectivity index (χ0) is 18.3. The molecule has 0 bridgehead atoms. The highest BCUT2D eigenvalue weighted by molar-refractivity contribution is 7.18. The third-order valence-electron chi connectivity index (χ3n) is 3.82. The number of ether oxygens (including phenoxy) is 1. The van der Waals surface area contributed by atoms with Gasteiger partial charge in [-0.25, -0.2) is 15.4 Å². The molecule has 26 heavy (non-hydrogen) atoms. The number of fused-ring (bicyclic) bond motifs is 2. The van der Waals surface area contributed by atoms with Crippen molar-refractivity contribution >= 4 is 50.8 Å². The molecule has 0 spiro atoms. The summed E-state index contributed by atoms with van der Waals surface area (Å²) < 4.78 is 5.41. The van der Waals surface area contributed by atoms with Gasteiger partial charge in [0.25, 0.3) is 11.8 Å². The number of nitrogens with zero attached hydrogens (tertiary/aromatic N) is 3. The van der Waals surface area contributed by atoms with Crippen LogP contribution in [0.3, 0.4) is 0 Å². The molecule has 10 heteroatoms. The molecule has 0 radical (unpaired) electrons. The van der Waals surface area contributed by atoms with Crippen molar-refractivity contribution < 1.29 is 19.5 Å². The van der Waals surface area contributed by atoms with Crippen LogP contribution >= 0.6 is 22.9 Å². The number of hydroxylamine groups is 1. The Kier molecular flexibility index (Phi) is 4.19. The van der Waals surface area contributed by atoms with Gasteiger partial charge >= 0.3 is 0 Å². The van der Waals surface area contributed by atoms with E-state index in [-0.39, 0.29) is 24.6 Å². The first kappa shape index (κ1) is 16.7. The minimum atomic E-state index is -0.676. The first-order chi connectivity index (χ1) is 12.5. The highest BCUT2D eigenvalue weighted by Gasteiger charge is 2.27. The van der Waals surface area contributed by atoms with Gasteiger partial charge in [0.05, 0.1) is 17.3 Å². The molecular formula is C16H11ClN4O4S. The van der Waals surface area contributed by atoms with Gasteiger partial charge in [0.15, 0.2) is 6.61 Å². The highest BCUT2D eigenvalue weighted by atomic mass is 35.5. The Labute approximate surface area is 156 Å². The first-order valence-corrected chi connectivity index (χ1v) is 8.67. The monoisotopic (exact) mass is 390 g/mol. The standard InChI is InChI=1S/C16H11ClN4O4S/c17-9-4-10-16(18-5-9)26-13(19-10)6-21-11-3-8(15(23)20-24)1-2-12(11)25-7-14(21)22/h1-5,24H,6-7H2,(H,20,23). The van der Waals surface area contributed by atoms with Crippen LogP contribution in [0.2, 0.25) is 5.02 Å². The number of nitrogens with one attached hydrogen (secondary N) is 1. The molecule has 2 N–H and O–H groups in total. The maximum Gasteiger partial charge on any atom is 0.274 e. The normalized spacial score (nSPS) is 13.5. The summed E-state index contributed by atoms with van der Waals surface area (Å²) in [5.74, 6) is -0.463. The van der Waals surface area contributed by atoms with Crippen molar-refractivity contribution in [3.8, 4) is 5.75 Å². The second-order valence-corrected chi connectivity index (χ2v) is 6.98. The Morgan fingerprint density at radius 1 is 1.42 bits per heavy atom. The van der Waals surface area contributed by atoms with E-state index in [0.717, 1.165) is 4.83 Å². The Morgan fingerprint density at radius 3 is 3.08 bits per heavy atom. The summed E-state index contributed by atoms with van der Waals surface area (Å²) in [6, 6.07) is 6.28. The van der Waals surface area contributed by atoms with Gasteiger partial charge in [-0.1, -0.05) is 22.9 Å². The minimum Gasteiger partial charge on any atom is -0.482 e. The van der Waals surface area contributed by atoms with Crippen LogP contribution in [0, 0.1) is 0 Å². The Hall–Kier alpha value is -2.75. The summed E-state index contributed by atoms with van der Waals surface area (Å²) in [4.78, 5) is 34.9. The zero-order valence-electron chi connectivity index (χ0n) is 13.1. The number of amides is 2. The molecule has 0 atom stereocenters. The SMILES string of the molecule is O=C(NO)c1ccc2c(c1)N(Cc1nc3cc(Cl)cnc3s1)C(=O)CO2. The van der Waals surface area contributed by atoms with E-state index in [1.165, 1.54) is 28.4 Å². The predicted molar refractivity (Wildman–Crippen MR) is 94.8 cm³/mol. The van der Waals surface area contributed by atoms with Gasteiger partial charge in [-0.15, -0.1) is 0 Å². The molecule has 0 fully saturated rings. The van der Waals surface area contributed by atoms with Gasteiger partial charge in [-0.3, -0.25) is 19.7 Å². The molecule has 4 rings (SSSR count). The average molecular weight is 391 g/mol. The molecule has 1 aliphatic heterocycles. The van der Waals surface area contributed by atoms with E-state index in [1.807, 2.05) is 0 Å². The lowest BCUT2D eigenvalue weighted by molar-refractivity contribution is -0.121. The van der Waals surface area contributed by atoms with Gasteiger partial charge in [-0.2, -0.15) is 0 Å². The molecule has 2 aromatic heterocycles. The summed E-state index contributed by atoms with van der Waals surface area (Å²) in [6.45, 7) is 0.103. The number of halogens is 1. The molecule has 1 aliphatic rings. The second kappa shape index (κ2) is 6.52. The fourth-order valence-corrected chi connectivity index (χ4v) is 3.66. The van der Waals surface area contributed by atoms with Crippen LogP contribution in [-0.4, -0.2) is 33.6 Å². The number of benzene rings is 1. The van der Waals surface area contributed by atoms with Crippen LogP contribution in [0.4, 0.5) is 5.69 Å². The molecule has 0 saturated heterocycles. The smallest absolute Gasteiger partial charge is 0.274 e. The fourth-order valence-electron chi connectivity index (χ4n) is 2.63. The van der Waals surface area contributed by atoms with Gasteiger partial charge in [-0.05, 0) is 24.3 Å². The number of anilines is 1. The molecular weight excluding hydrogens is 380 g/mol. The number of thiazole rings is 1. The number of rotatable bonds is 3. The lowest BCUT2D eigenvalue weighted by Crippen LogP contribution is -2.38. The van der Waals surface area contributed by atoms with Crippen LogP contribution in [0.5, 0.6) is 5.75 Å². The summed E-state index contributed by atoms with van der Waals surface area (Å²) in [5.41, 5.74) is 2.87. The van der Waals surface area contributed by atoms with Crippen molar-refractivity contribution in [3.63, 3.8) is 0 Å². The average Bonchev–Trinajstić information content (AvgIpc) is 3.04. The van der Waals surface area contributed by atoms with Crippen LogP contribution in [0.15, 0.2) is 30.5 Å². The van der Waals surface area contributed by atoms with E-state index >= 15 is 0 Å². The molecule has 3 heterocycles. The molecule has 3 aromatic rings. The quantitative estimate of drug-likeness (QED) is 0.525. The van der Waals surface area contributed by atoms with Crippen molar-refractivity contribution in [1.82, 2.24) is 15.4 Å². The van der Waals surface area contributed by atoms with Crippen molar-refractivity contribution in [2.45, 2.75) is 6.54 Å². The third-order valence-corrected chi connectivity index (χ3v) is 4.99. The van der Waals surface area contributed by atoms with Crippen LogP contribution in [0.25, 0.3) is 10.3 Å². The number of hydrogen-bond donors (Lipinski definition) is 2. The summed E-state index contributed by atoms with van der Waals surface area (Å²) >= 11 is 7.29. The van der Waals surface area contributed by atoms with Gasteiger partial charge in [0.2, 0.25) is 0 Å². The third kappa shape index (κ3) is 2.96. The molecule has 8 nitrogen and oxygen atoms in total. The Morgan fingerprint density at radius 2 is 2.27 bits per heavy atom. The molecule has 0 unspecified atom stereocenters. The number of aromatic nitrogens is 2. The van der Waals surface area contributed by atoms with E-state index < -0.39 is 5.91 Å². The minimum absolute atomic E-state index is 0.104. The predicted octanol–water partition coefficient (Wildman–Crippen LogP) is 2.39. The number of carbonyl (C=O) groups is 2. The molecule has 0 aliphatic carbocycles. The van der Waals surface area contributed by atoms with E-state index in [2.05, 4.69) is 9.97 Å². The van der Waals surface area contributed by atoms with Gasteiger partial charge < -0.3 is 4.74 Å². The van der Waals surface area contributed by atoms with Crippen LogP contribution in [0.1, 0.15) is 15.4 Å². The van der Waals surface area contributed by atoms with Crippen LogP contribution < -0.4 is 15.1 Å². The molecule has 2 amide bonds.